The Hall–Kier alpha value is -3.02. The van der Waals surface area contributed by atoms with E-state index < -0.39 is 11.2 Å². The van der Waals surface area contributed by atoms with E-state index in [-0.39, 0.29) is 18.0 Å². The van der Waals surface area contributed by atoms with Crippen LogP contribution in [0.5, 0.6) is 5.75 Å². The number of hydrogen-bond acceptors (Lipinski definition) is 4. The Kier molecular flexibility index (Phi) is 8.14. The highest BCUT2D eigenvalue weighted by Crippen LogP contribution is 2.23. The molecule has 0 aliphatic carbocycles. The Morgan fingerprint density at radius 2 is 1.66 bits per heavy atom. The van der Waals surface area contributed by atoms with E-state index >= 15 is 0 Å². The van der Waals surface area contributed by atoms with E-state index in [9.17, 15) is 9.59 Å². The van der Waals surface area contributed by atoms with E-state index in [0.29, 0.717) is 12.3 Å². The van der Waals surface area contributed by atoms with Crippen molar-refractivity contribution >= 4 is 12.0 Å². The number of amides is 2. The molecule has 1 atom stereocenters. The predicted molar refractivity (Wildman–Crippen MR) is 139 cm³/mol. The van der Waals surface area contributed by atoms with E-state index in [1.165, 1.54) is 22.3 Å². The zero-order valence-corrected chi connectivity index (χ0v) is 22.2. The summed E-state index contributed by atoms with van der Waals surface area (Å²) in [6, 6.07) is 14.4. The van der Waals surface area contributed by atoms with Gasteiger partial charge < -0.3 is 19.7 Å². The minimum absolute atomic E-state index is 0.0160. The van der Waals surface area contributed by atoms with Crippen molar-refractivity contribution in [1.29, 1.82) is 0 Å². The van der Waals surface area contributed by atoms with Gasteiger partial charge in [0.1, 0.15) is 11.4 Å². The van der Waals surface area contributed by atoms with Crippen molar-refractivity contribution in [2.75, 3.05) is 6.54 Å². The van der Waals surface area contributed by atoms with Gasteiger partial charge in [-0.25, -0.2) is 9.59 Å². The molecule has 1 N–H and O–H groups in total. The molecule has 0 saturated carbocycles. The first-order chi connectivity index (χ1) is 16.3. The highest BCUT2D eigenvalue weighted by atomic mass is 16.6. The van der Waals surface area contributed by atoms with E-state index in [1.54, 1.807) is 13.8 Å². The molecule has 2 amide bonds. The van der Waals surface area contributed by atoms with Gasteiger partial charge in [0, 0.05) is 19.1 Å². The second-order valence-corrected chi connectivity index (χ2v) is 11.1. The molecule has 2 aromatic rings. The van der Waals surface area contributed by atoms with Crippen molar-refractivity contribution in [2.45, 2.75) is 91.5 Å². The van der Waals surface area contributed by atoms with Gasteiger partial charge in [0.15, 0.2) is 5.60 Å². The average molecular weight is 481 g/mol. The molecule has 1 aliphatic heterocycles. The quantitative estimate of drug-likeness (QED) is 0.466. The number of nitrogens with zero attached hydrogens (tertiary/aromatic N) is 1. The zero-order chi connectivity index (χ0) is 25.8. The topological polar surface area (TPSA) is 67.9 Å². The van der Waals surface area contributed by atoms with Crippen molar-refractivity contribution in [3.8, 4) is 5.75 Å². The third kappa shape index (κ3) is 7.74. The van der Waals surface area contributed by atoms with Crippen LogP contribution in [0, 0.1) is 13.8 Å². The van der Waals surface area contributed by atoms with Crippen LogP contribution in [0.3, 0.4) is 0 Å². The standard InChI is InChI=1S/C29H40N2O4/c1-20-11-12-23(17-21(20)2)18-31-19-24(30-27(31)33)10-8-9-22-13-15-25(16-14-22)34-29(6,7)26(32)35-28(3,4)5/h11-17,24H,8-10,18-19H2,1-7H3,(H,30,33). The molecule has 1 unspecified atom stereocenters. The largest absolute Gasteiger partial charge is 0.476 e. The lowest BCUT2D eigenvalue weighted by atomic mass is 10.0. The first-order valence-electron chi connectivity index (χ1n) is 12.5. The lowest BCUT2D eigenvalue weighted by Crippen LogP contribution is -2.43. The lowest BCUT2D eigenvalue weighted by molar-refractivity contribution is -0.170. The summed E-state index contributed by atoms with van der Waals surface area (Å²) in [7, 11) is 0. The Labute approximate surface area is 210 Å². The fourth-order valence-electron chi connectivity index (χ4n) is 4.10. The van der Waals surface area contributed by atoms with Crippen LogP contribution in [0.15, 0.2) is 42.5 Å². The fourth-order valence-corrected chi connectivity index (χ4v) is 4.10. The Morgan fingerprint density at radius 1 is 1.00 bits per heavy atom. The monoisotopic (exact) mass is 480 g/mol. The summed E-state index contributed by atoms with van der Waals surface area (Å²) in [6.45, 7) is 14.5. The summed E-state index contributed by atoms with van der Waals surface area (Å²) in [4.78, 5) is 26.7. The summed E-state index contributed by atoms with van der Waals surface area (Å²) in [5.41, 5.74) is 3.26. The van der Waals surface area contributed by atoms with E-state index in [1.807, 2.05) is 49.9 Å². The van der Waals surface area contributed by atoms with Crippen molar-refractivity contribution in [1.82, 2.24) is 10.2 Å². The molecule has 3 rings (SSSR count). The Bertz CT molecular complexity index is 1040. The van der Waals surface area contributed by atoms with Gasteiger partial charge in [-0.15, -0.1) is 0 Å². The van der Waals surface area contributed by atoms with Crippen molar-refractivity contribution in [3.63, 3.8) is 0 Å². The van der Waals surface area contributed by atoms with E-state index in [4.69, 9.17) is 9.47 Å². The first-order valence-corrected chi connectivity index (χ1v) is 12.5. The predicted octanol–water partition coefficient (Wildman–Crippen LogP) is 5.72. The number of ether oxygens (including phenoxy) is 2. The molecule has 35 heavy (non-hydrogen) atoms. The molecule has 6 heteroatoms. The van der Waals surface area contributed by atoms with Crippen molar-refractivity contribution in [2.24, 2.45) is 0 Å². The minimum atomic E-state index is -1.07. The fraction of sp³-hybridized carbons (Fsp3) is 0.517. The van der Waals surface area contributed by atoms with Gasteiger partial charge in [-0.05, 0) is 102 Å². The summed E-state index contributed by atoms with van der Waals surface area (Å²) < 4.78 is 11.4. The van der Waals surface area contributed by atoms with Gasteiger partial charge >= 0.3 is 12.0 Å². The van der Waals surface area contributed by atoms with Gasteiger partial charge in [0.25, 0.3) is 0 Å². The van der Waals surface area contributed by atoms with E-state index in [0.717, 1.165) is 25.8 Å². The maximum atomic E-state index is 12.4. The molecule has 6 nitrogen and oxygen atoms in total. The van der Waals surface area contributed by atoms with Gasteiger partial charge in [0.05, 0.1) is 0 Å². The van der Waals surface area contributed by atoms with Crippen molar-refractivity contribution < 1.29 is 19.1 Å². The Balaban J connectivity index is 1.44. The Morgan fingerprint density at radius 3 is 2.29 bits per heavy atom. The second-order valence-electron chi connectivity index (χ2n) is 11.1. The minimum Gasteiger partial charge on any atom is -0.476 e. The van der Waals surface area contributed by atoms with Crippen LogP contribution in [0.2, 0.25) is 0 Å². The summed E-state index contributed by atoms with van der Waals surface area (Å²) in [5, 5.41) is 3.12. The number of rotatable bonds is 9. The molecule has 190 valence electrons. The zero-order valence-electron chi connectivity index (χ0n) is 22.2. The lowest BCUT2D eigenvalue weighted by Gasteiger charge is -2.29. The molecule has 1 heterocycles. The van der Waals surface area contributed by atoms with Crippen LogP contribution >= 0.6 is 0 Å². The van der Waals surface area contributed by atoms with E-state index in [2.05, 4.69) is 37.4 Å². The maximum absolute atomic E-state index is 12.4. The normalized spacial score (nSPS) is 16.3. The molecule has 0 radical (unpaired) electrons. The van der Waals surface area contributed by atoms with Crippen LogP contribution in [0.4, 0.5) is 4.79 Å². The average Bonchev–Trinajstić information content (AvgIpc) is 3.09. The van der Waals surface area contributed by atoms with Gasteiger partial charge in [-0.1, -0.05) is 30.3 Å². The number of hydrogen-bond donors (Lipinski definition) is 1. The molecule has 0 spiro atoms. The number of urea groups is 1. The van der Waals surface area contributed by atoms with Crippen LogP contribution in [0.1, 0.15) is 69.7 Å². The molecule has 1 fully saturated rings. The van der Waals surface area contributed by atoms with Gasteiger partial charge in [0.2, 0.25) is 0 Å². The molecule has 1 aliphatic rings. The van der Waals surface area contributed by atoms with Crippen LogP contribution < -0.4 is 10.1 Å². The second kappa shape index (κ2) is 10.7. The highest BCUT2D eigenvalue weighted by Gasteiger charge is 2.34. The van der Waals surface area contributed by atoms with Gasteiger partial charge in [-0.2, -0.15) is 0 Å². The maximum Gasteiger partial charge on any atom is 0.350 e. The first kappa shape index (κ1) is 26.6. The smallest absolute Gasteiger partial charge is 0.350 e. The summed E-state index contributed by atoms with van der Waals surface area (Å²) in [6.07, 6.45) is 2.82. The number of nitrogens with one attached hydrogen (secondary N) is 1. The summed E-state index contributed by atoms with van der Waals surface area (Å²) >= 11 is 0. The van der Waals surface area contributed by atoms with Crippen LogP contribution in [0.25, 0.3) is 0 Å². The number of aryl methyl sites for hydroxylation is 3. The molecule has 0 bridgehead atoms. The summed E-state index contributed by atoms with van der Waals surface area (Å²) in [5.74, 6) is 0.244. The molecular formula is C29H40N2O4. The number of carbonyl (C=O) groups is 2. The number of benzene rings is 2. The van der Waals surface area contributed by atoms with Crippen LogP contribution in [-0.2, 0) is 22.5 Å². The van der Waals surface area contributed by atoms with Crippen molar-refractivity contribution in [3.05, 3.63) is 64.7 Å². The molecule has 0 aromatic heterocycles. The highest BCUT2D eigenvalue weighted by molar-refractivity contribution is 5.79. The molecule has 1 saturated heterocycles. The molecular weight excluding hydrogens is 440 g/mol. The third-order valence-electron chi connectivity index (χ3n) is 6.21. The SMILES string of the molecule is Cc1ccc(CN2CC(CCCc3ccc(OC(C)(C)C(=O)OC(C)(C)C)cc3)NC2=O)cc1C. The number of carbonyl (C=O) groups excluding carboxylic acids is 2. The third-order valence-corrected chi connectivity index (χ3v) is 6.21. The molecule has 2 aromatic carbocycles. The van der Waals surface area contributed by atoms with Crippen LogP contribution in [-0.4, -0.2) is 40.7 Å². The number of esters is 1. The van der Waals surface area contributed by atoms with Gasteiger partial charge in [-0.3, -0.25) is 0 Å².